The molecular formula is C35H39N9O4. The third-order valence-corrected chi connectivity index (χ3v) is 9.73. The number of allylic oxidation sites excluding steroid dienone is 1. The Bertz CT molecular complexity index is 1810. The van der Waals surface area contributed by atoms with Gasteiger partial charge in [0.1, 0.15) is 6.04 Å². The van der Waals surface area contributed by atoms with Crippen LogP contribution in [0.2, 0.25) is 0 Å². The van der Waals surface area contributed by atoms with Crippen molar-refractivity contribution >= 4 is 57.8 Å². The number of amides is 4. The lowest BCUT2D eigenvalue weighted by atomic mass is 9.77. The summed E-state index contributed by atoms with van der Waals surface area (Å²) < 4.78 is 0. The smallest absolute Gasteiger partial charge is 0.262 e. The van der Waals surface area contributed by atoms with E-state index < -0.39 is 29.7 Å². The topological polar surface area (TPSA) is 173 Å². The maximum absolute atomic E-state index is 13.1. The highest BCUT2D eigenvalue weighted by Crippen LogP contribution is 2.33. The molecule has 4 amide bonds. The van der Waals surface area contributed by atoms with Gasteiger partial charge in [0.15, 0.2) is 0 Å². The van der Waals surface area contributed by atoms with Gasteiger partial charge >= 0.3 is 0 Å². The minimum absolute atomic E-state index is 0.0921. The highest BCUT2D eigenvalue weighted by molar-refractivity contribution is 6.23. The number of piperidine rings is 1. The SMILES string of the molecule is N=C/C(=C\NC1CC(CCCNc2ccc3c(c2)C(=O)N(C2CCC(=O)NC2=O)C3=O)C1)c1cnc2ccc(N3CCNCC3)cc2n1. The Morgan fingerprint density at radius 1 is 1.00 bits per heavy atom. The molecule has 4 aliphatic rings. The number of hydrogen-bond acceptors (Lipinski definition) is 11. The molecule has 248 valence electrons. The Labute approximate surface area is 278 Å². The first-order chi connectivity index (χ1) is 23.4. The van der Waals surface area contributed by atoms with Crippen molar-refractivity contribution in [3.63, 3.8) is 0 Å². The zero-order chi connectivity index (χ0) is 33.2. The fourth-order valence-electron chi connectivity index (χ4n) is 6.97. The third kappa shape index (κ3) is 6.37. The number of piperazine rings is 1. The Balaban J connectivity index is 0.869. The summed E-state index contributed by atoms with van der Waals surface area (Å²) in [4.78, 5) is 62.6. The van der Waals surface area contributed by atoms with Crippen LogP contribution in [0.1, 0.15) is 64.9 Å². The summed E-state index contributed by atoms with van der Waals surface area (Å²) in [6.07, 6.45) is 9.26. The maximum atomic E-state index is 13.1. The number of carbonyl (C=O) groups excluding carboxylic acids is 4. The first-order valence-electron chi connectivity index (χ1n) is 16.7. The lowest BCUT2D eigenvalue weighted by Crippen LogP contribution is -2.54. The van der Waals surface area contributed by atoms with Gasteiger partial charge in [-0.1, -0.05) is 0 Å². The average molecular weight is 650 g/mol. The molecule has 1 atom stereocenters. The summed E-state index contributed by atoms with van der Waals surface area (Å²) in [7, 11) is 0. The number of carbonyl (C=O) groups is 4. The Kier molecular flexibility index (Phi) is 8.85. The summed E-state index contributed by atoms with van der Waals surface area (Å²) >= 11 is 0. The second-order valence-corrected chi connectivity index (χ2v) is 12.9. The number of fused-ring (bicyclic) bond motifs is 2. The van der Waals surface area contributed by atoms with Crippen molar-refractivity contribution in [2.45, 2.75) is 50.6 Å². The van der Waals surface area contributed by atoms with E-state index in [4.69, 9.17) is 10.4 Å². The van der Waals surface area contributed by atoms with E-state index in [2.05, 4.69) is 43.3 Å². The summed E-state index contributed by atoms with van der Waals surface area (Å²) in [5, 5.41) is 20.4. The van der Waals surface area contributed by atoms with Gasteiger partial charge in [0.05, 0.1) is 34.1 Å². The quantitative estimate of drug-likeness (QED) is 0.118. The van der Waals surface area contributed by atoms with Gasteiger partial charge in [0.2, 0.25) is 11.8 Å². The fourth-order valence-corrected chi connectivity index (χ4v) is 6.97. The van der Waals surface area contributed by atoms with E-state index in [1.807, 2.05) is 12.3 Å². The Hall–Kier alpha value is -5.17. The fraction of sp³-hybridized carbons (Fsp3) is 0.400. The summed E-state index contributed by atoms with van der Waals surface area (Å²) in [5.41, 5.74) is 5.46. The second kappa shape index (κ2) is 13.5. The molecule has 48 heavy (non-hydrogen) atoms. The van der Waals surface area contributed by atoms with Crippen LogP contribution in [0.15, 0.2) is 48.8 Å². The Morgan fingerprint density at radius 3 is 2.60 bits per heavy atom. The van der Waals surface area contributed by atoms with Crippen molar-refractivity contribution in [1.82, 2.24) is 30.8 Å². The van der Waals surface area contributed by atoms with Crippen LogP contribution >= 0.6 is 0 Å². The largest absolute Gasteiger partial charge is 0.388 e. The van der Waals surface area contributed by atoms with Gasteiger partial charge in [-0.25, -0.2) is 4.98 Å². The van der Waals surface area contributed by atoms with E-state index in [-0.39, 0.29) is 24.0 Å². The summed E-state index contributed by atoms with van der Waals surface area (Å²) in [6.45, 7) is 4.57. The predicted molar refractivity (Wildman–Crippen MR) is 182 cm³/mol. The zero-order valence-electron chi connectivity index (χ0n) is 26.6. The molecule has 3 aromatic rings. The van der Waals surface area contributed by atoms with E-state index in [0.29, 0.717) is 23.2 Å². The molecule has 1 unspecified atom stereocenters. The van der Waals surface area contributed by atoms with Crippen LogP contribution in [0.3, 0.4) is 0 Å². The predicted octanol–water partition coefficient (Wildman–Crippen LogP) is 2.69. The van der Waals surface area contributed by atoms with E-state index in [1.165, 1.54) is 6.21 Å². The summed E-state index contributed by atoms with van der Waals surface area (Å²) in [5.74, 6) is -1.41. The number of imide groups is 2. The molecule has 2 aromatic carbocycles. The molecule has 3 fully saturated rings. The standard InChI is InChI=1S/C35H39N9O4/c36-18-22(30-20-40-28-6-4-25(17-29(28)41-30)43-12-10-37-11-13-43)19-39-24-14-21(15-24)2-1-9-38-23-3-5-26-27(16-23)35(48)44(34(26)47)31-7-8-32(45)42-33(31)46/h3-6,16-21,24,31,36-39H,1-2,7-15H2,(H,42,45,46)/b22-19+,36-18?. The molecular weight excluding hydrogens is 610 g/mol. The van der Waals surface area contributed by atoms with Crippen LogP contribution < -0.4 is 26.2 Å². The molecule has 1 aromatic heterocycles. The van der Waals surface area contributed by atoms with Gasteiger partial charge in [-0.05, 0) is 74.4 Å². The number of nitrogens with zero attached hydrogens (tertiary/aromatic N) is 4. The highest BCUT2D eigenvalue weighted by atomic mass is 16.2. The molecule has 0 radical (unpaired) electrons. The summed E-state index contributed by atoms with van der Waals surface area (Å²) in [6, 6.07) is 10.6. The van der Waals surface area contributed by atoms with Crippen LogP contribution in [-0.4, -0.2) is 89.5 Å². The molecule has 7 rings (SSSR count). The van der Waals surface area contributed by atoms with Crippen LogP contribution in [-0.2, 0) is 9.59 Å². The molecule has 2 saturated heterocycles. The monoisotopic (exact) mass is 649 g/mol. The Morgan fingerprint density at radius 2 is 1.81 bits per heavy atom. The molecule has 4 heterocycles. The van der Waals surface area contributed by atoms with Crippen molar-refractivity contribution < 1.29 is 19.2 Å². The molecule has 1 aliphatic carbocycles. The second-order valence-electron chi connectivity index (χ2n) is 12.9. The number of nitrogens with one attached hydrogen (secondary N) is 5. The highest BCUT2D eigenvalue weighted by Gasteiger charge is 2.44. The van der Waals surface area contributed by atoms with Crippen molar-refractivity contribution in [3.8, 4) is 0 Å². The van der Waals surface area contributed by atoms with Crippen molar-refractivity contribution in [3.05, 3.63) is 65.6 Å². The van der Waals surface area contributed by atoms with Gasteiger partial charge in [-0.2, -0.15) is 0 Å². The van der Waals surface area contributed by atoms with Crippen LogP contribution in [0.25, 0.3) is 16.6 Å². The van der Waals surface area contributed by atoms with Gasteiger partial charge < -0.3 is 26.3 Å². The average Bonchev–Trinajstić information content (AvgIpc) is 3.33. The van der Waals surface area contributed by atoms with Gasteiger partial charge in [-0.15, -0.1) is 0 Å². The van der Waals surface area contributed by atoms with E-state index in [9.17, 15) is 19.2 Å². The first-order valence-corrected chi connectivity index (χ1v) is 16.7. The molecule has 13 heteroatoms. The van der Waals surface area contributed by atoms with E-state index in [0.717, 1.165) is 85.7 Å². The number of aromatic nitrogens is 2. The normalized spacial score (nSPS) is 22.8. The number of benzene rings is 2. The first kappa shape index (κ1) is 31.4. The molecule has 13 nitrogen and oxygen atoms in total. The molecule has 3 aliphatic heterocycles. The number of hydrogen-bond donors (Lipinski definition) is 5. The van der Waals surface area contributed by atoms with Crippen molar-refractivity contribution in [2.75, 3.05) is 42.9 Å². The van der Waals surface area contributed by atoms with Gasteiger partial charge in [0, 0.05) is 74.5 Å². The van der Waals surface area contributed by atoms with Crippen LogP contribution in [0.4, 0.5) is 11.4 Å². The van der Waals surface area contributed by atoms with Crippen molar-refractivity contribution in [1.29, 1.82) is 5.41 Å². The lowest BCUT2D eigenvalue weighted by Gasteiger charge is -2.36. The molecule has 5 N–H and O–H groups in total. The maximum Gasteiger partial charge on any atom is 0.262 e. The third-order valence-electron chi connectivity index (χ3n) is 9.73. The van der Waals surface area contributed by atoms with E-state index >= 15 is 0 Å². The van der Waals surface area contributed by atoms with E-state index in [1.54, 1.807) is 24.4 Å². The van der Waals surface area contributed by atoms with Gasteiger partial charge in [0.25, 0.3) is 11.8 Å². The van der Waals surface area contributed by atoms with Crippen LogP contribution in [0.5, 0.6) is 0 Å². The minimum Gasteiger partial charge on any atom is -0.388 e. The molecule has 1 saturated carbocycles. The lowest BCUT2D eigenvalue weighted by molar-refractivity contribution is -0.136. The zero-order valence-corrected chi connectivity index (χ0v) is 26.6. The van der Waals surface area contributed by atoms with Crippen molar-refractivity contribution in [2.24, 2.45) is 5.92 Å². The number of anilines is 2. The van der Waals surface area contributed by atoms with Crippen LogP contribution in [0, 0.1) is 11.3 Å². The van der Waals surface area contributed by atoms with Gasteiger partial charge in [-0.3, -0.25) is 34.4 Å². The minimum atomic E-state index is -0.970. The number of rotatable bonds is 11. The molecule has 0 bridgehead atoms. The molecule has 0 spiro atoms.